The molecule has 1 aromatic rings. The van der Waals surface area contributed by atoms with Crippen LogP contribution >= 0.6 is 0 Å². The van der Waals surface area contributed by atoms with Crippen molar-refractivity contribution in [2.45, 2.75) is 33.2 Å². The molecule has 0 unspecified atom stereocenters. The molecule has 0 bridgehead atoms. The van der Waals surface area contributed by atoms with E-state index in [-0.39, 0.29) is 5.75 Å². The van der Waals surface area contributed by atoms with Gasteiger partial charge in [-0.3, -0.25) is 0 Å². The van der Waals surface area contributed by atoms with Gasteiger partial charge in [0.15, 0.2) is 0 Å². The standard InChI is InChI=1S/C12H19NO2S/c1-3-4-8-16(14,15)13-10-12-7-5-6-11(2)9-12/h5-7,9,13H,3-4,8,10H2,1-2H3. The Balaban J connectivity index is 2.51. The zero-order valence-corrected chi connectivity index (χ0v) is 10.7. The lowest BCUT2D eigenvalue weighted by Crippen LogP contribution is -2.25. The minimum Gasteiger partial charge on any atom is -0.212 e. The number of unbranched alkanes of at least 4 members (excludes halogenated alkanes) is 1. The molecule has 0 aliphatic heterocycles. The first kappa shape index (κ1) is 13.2. The number of benzene rings is 1. The van der Waals surface area contributed by atoms with Gasteiger partial charge in [-0.2, -0.15) is 0 Å². The molecule has 1 rings (SSSR count). The highest BCUT2D eigenvalue weighted by Gasteiger charge is 2.08. The van der Waals surface area contributed by atoms with E-state index in [1.807, 2.05) is 38.1 Å². The fourth-order valence-electron chi connectivity index (χ4n) is 1.42. The number of sulfonamides is 1. The number of aryl methyl sites for hydroxylation is 1. The predicted molar refractivity (Wildman–Crippen MR) is 66.7 cm³/mol. The molecule has 0 fully saturated rings. The van der Waals surface area contributed by atoms with Crippen LogP contribution in [-0.4, -0.2) is 14.2 Å². The fraction of sp³-hybridized carbons (Fsp3) is 0.500. The van der Waals surface area contributed by atoms with Gasteiger partial charge in [-0.05, 0) is 18.9 Å². The van der Waals surface area contributed by atoms with Crippen LogP contribution in [0.2, 0.25) is 0 Å². The van der Waals surface area contributed by atoms with Crippen LogP contribution < -0.4 is 4.72 Å². The molecule has 0 aliphatic carbocycles. The summed E-state index contributed by atoms with van der Waals surface area (Å²) in [6.45, 7) is 4.36. The zero-order chi connectivity index (χ0) is 12.0. The summed E-state index contributed by atoms with van der Waals surface area (Å²) in [6, 6.07) is 7.85. The summed E-state index contributed by atoms with van der Waals surface area (Å²) in [5, 5.41) is 0. The third-order valence-electron chi connectivity index (χ3n) is 2.35. The second-order valence-corrected chi connectivity index (χ2v) is 5.91. The van der Waals surface area contributed by atoms with Gasteiger partial charge in [-0.15, -0.1) is 0 Å². The molecule has 1 N–H and O–H groups in total. The Bertz CT molecular complexity index is 426. The molecule has 0 saturated carbocycles. The van der Waals surface area contributed by atoms with Crippen LogP contribution in [0.1, 0.15) is 30.9 Å². The molecule has 0 radical (unpaired) electrons. The molecule has 0 spiro atoms. The van der Waals surface area contributed by atoms with Crippen molar-refractivity contribution in [2.75, 3.05) is 5.75 Å². The highest BCUT2D eigenvalue weighted by Crippen LogP contribution is 2.04. The number of hydrogen-bond donors (Lipinski definition) is 1. The van der Waals surface area contributed by atoms with E-state index in [2.05, 4.69) is 4.72 Å². The smallest absolute Gasteiger partial charge is 0.211 e. The van der Waals surface area contributed by atoms with Crippen LogP contribution in [0.15, 0.2) is 24.3 Å². The maximum absolute atomic E-state index is 11.5. The zero-order valence-electron chi connectivity index (χ0n) is 9.86. The van der Waals surface area contributed by atoms with Gasteiger partial charge >= 0.3 is 0 Å². The topological polar surface area (TPSA) is 46.2 Å². The summed E-state index contributed by atoms with van der Waals surface area (Å²) in [5.41, 5.74) is 2.14. The molecule has 0 saturated heterocycles. The van der Waals surface area contributed by atoms with Gasteiger partial charge in [0, 0.05) is 6.54 Å². The summed E-state index contributed by atoms with van der Waals surface area (Å²) < 4.78 is 25.7. The predicted octanol–water partition coefficient (Wildman–Crippen LogP) is 2.21. The fourth-order valence-corrected chi connectivity index (χ4v) is 2.62. The Morgan fingerprint density at radius 1 is 1.31 bits per heavy atom. The molecule has 0 amide bonds. The quantitative estimate of drug-likeness (QED) is 0.830. The monoisotopic (exact) mass is 241 g/mol. The molecule has 0 aliphatic rings. The largest absolute Gasteiger partial charge is 0.212 e. The highest BCUT2D eigenvalue weighted by atomic mass is 32.2. The number of nitrogens with one attached hydrogen (secondary N) is 1. The van der Waals surface area contributed by atoms with Crippen molar-refractivity contribution >= 4 is 10.0 Å². The Morgan fingerprint density at radius 3 is 2.69 bits per heavy atom. The molecule has 4 heteroatoms. The van der Waals surface area contributed by atoms with Gasteiger partial charge in [0.2, 0.25) is 10.0 Å². The molecule has 0 heterocycles. The second-order valence-electron chi connectivity index (χ2n) is 3.98. The molecule has 3 nitrogen and oxygen atoms in total. The Kier molecular flexibility index (Phi) is 4.96. The SMILES string of the molecule is CCCCS(=O)(=O)NCc1cccc(C)c1. The average Bonchev–Trinajstić information content (AvgIpc) is 2.24. The van der Waals surface area contributed by atoms with Crippen molar-refractivity contribution in [3.63, 3.8) is 0 Å². The summed E-state index contributed by atoms with van der Waals surface area (Å²) in [4.78, 5) is 0. The first-order chi connectivity index (χ1) is 7.53. The van der Waals surface area contributed by atoms with E-state index >= 15 is 0 Å². The van der Waals surface area contributed by atoms with Gasteiger partial charge in [0.25, 0.3) is 0 Å². The van der Waals surface area contributed by atoms with Gasteiger partial charge < -0.3 is 0 Å². The van der Waals surface area contributed by atoms with Crippen LogP contribution in [0.5, 0.6) is 0 Å². The van der Waals surface area contributed by atoms with Crippen LogP contribution in [0.4, 0.5) is 0 Å². The van der Waals surface area contributed by atoms with Gasteiger partial charge in [-0.25, -0.2) is 13.1 Å². The van der Waals surface area contributed by atoms with E-state index in [4.69, 9.17) is 0 Å². The first-order valence-corrected chi connectivity index (χ1v) is 7.21. The van der Waals surface area contributed by atoms with E-state index < -0.39 is 10.0 Å². The lowest BCUT2D eigenvalue weighted by molar-refractivity contribution is 0.578. The van der Waals surface area contributed by atoms with Gasteiger partial charge in [0.1, 0.15) is 0 Å². The average molecular weight is 241 g/mol. The summed E-state index contributed by atoms with van der Waals surface area (Å²) in [7, 11) is -3.10. The van der Waals surface area contributed by atoms with Crippen LogP contribution in [0.3, 0.4) is 0 Å². The maximum atomic E-state index is 11.5. The number of hydrogen-bond acceptors (Lipinski definition) is 2. The lowest BCUT2D eigenvalue weighted by Gasteiger charge is -2.06. The van der Waals surface area contributed by atoms with Crippen molar-refractivity contribution in [2.24, 2.45) is 0 Å². The van der Waals surface area contributed by atoms with E-state index in [0.29, 0.717) is 13.0 Å². The van der Waals surface area contributed by atoms with Crippen molar-refractivity contribution in [1.29, 1.82) is 0 Å². The van der Waals surface area contributed by atoms with E-state index in [0.717, 1.165) is 17.5 Å². The van der Waals surface area contributed by atoms with E-state index in [1.54, 1.807) is 0 Å². The van der Waals surface area contributed by atoms with Crippen molar-refractivity contribution in [3.8, 4) is 0 Å². The Hall–Kier alpha value is -0.870. The minimum atomic E-state index is -3.10. The summed E-state index contributed by atoms with van der Waals surface area (Å²) in [5.74, 6) is 0.218. The van der Waals surface area contributed by atoms with E-state index in [9.17, 15) is 8.42 Å². The first-order valence-electron chi connectivity index (χ1n) is 5.56. The third-order valence-corrected chi connectivity index (χ3v) is 3.76. The van der Waals surface area contributed by atoms with E-state index in [1.165, 1.54) is 0 Å². The molecular formula is C12H19NO2S. The van der Waals surface area contributed by atoms with Crippen molar-refractivity contribution in [1.82, 2.24) is 4.72 Å². The minimum absolute atomic E-state index is 0.218. The lowest BCUT2D eigenvalue weighted by atomic mass is 10.1. The number of rotatable bonds is 6. The molecular weight excluding hydrogens is 222 g/mol. The van der Waals surface area contributed by atoms with Crippen molar-refractivity contribution < 1.29 is 8.42 Å². The Labute approximate surface area is 97.9 Å². The van der Waals surface area contributed by atoms with Crippen LogP contribution in [0, 0.1) is 6.92 Å². The summed E-state index contributed by atoms with van der Waals surface area (Å²) >= 11 is 0. The highest BCUT2D eigenvalue weighted by molar-refractivity contribution is 7.89. The second kappa shape index (κ2) is 6.01. The molecule has 0 aromatic heterocycles. The molecule has 90 valence electrons. The Morgan fingerprint density at radius 2 is 2.06 bits per heavy atom. The molecule has 1 aromatic carbocycles. The third kappa shape index (κ3) is 4.77. The van der Waals surface area contributed by atoms with Crippen molar-refractivity contribution in [3.05, 3.63) is 35.4 Å². The van der Waals surface area contributed by atoms with Gasteiger partial charge in [-0.1, -0.05) is 43.2 Å². The maximum Gasteiger partial charge on any atom is 0.211 e. The van der Waals surface area contributed by atoms with Gasteiger partial charge in [0.05, 0.1) is 5.75 Å². The normalized spacial score (nSPS) is 11.6. The van der Waals surface area contributed by atoms with Crippen LogP contribution in [-0.2, 0) is 16.6 Å². The molecule has 0 atom stereocenters. The van der Waals surface area contributed by atoms with Crippen LogP contribution in [0.25, 0.3) is 0 Å². The molecule has 16 heavy (non-hydrogen) atoms. The summed E-state index contributed by atoms with van der Waals surface area (Å²) in [6.07, 6.45) is 1.61.